The molecule has 2 aliphatic heterocycles. The Labute approximate surface area is 229 Å². The van der Waals surface area contributed by atoms with E-state index in [1.165, 1.54) is 0 Å². The summed E-state index contributed by atoms with van der Waals surface area (Å²) in [6.07, 6.45) is -0.625. The van der Waals surface area contributed by atoms with Gasteiger partial charge in [0.2, 0.25) is 10.0 Å². The van der Waals surface area contributed by atoms with Gasteiger partial charge in [-0.1, -0.05) is 17.3 Å². The minimum atomic E-state index is -3.16. The molecule has 11 nitrogen and oxygen atoms in total. The van der Waals surface area contributed by atoms with Crippen LogP contribution in [0.25, 0.3) is 22.6 Å². The molecule has 2 N–H and O–H groups in total. The fourth-order valence-electron chi connectivity index (χ4n) is 5.41. The van der Waals surface area contributed by atoms with Gasteiger partial charge in [-0.15, -0.1) is 0 Å². The predicted octanol–water partition coefficient (Wildman–Crippen LogP) is 2.15. The molecular formula is C27H36N6O5S. The Morgan fingerprint density at radius 1 is 1.18 bits per heavy atom. The molecule has 1 spiro atoms. The number of ether oxygens (including phenoxy) is 1. The van der Waals surface area contributed by atoms with Crippen molar-refractivity contribution in [3.8, 4) is 28.4 Å². The number of hydrogen-bond acceptors (Lipinski definition) is 10. The Bertz CT molecular complexity index is 1440. The van der Waals surface area contributed by atoms with Gasteiger partial charge in [0.05, 0.1) is 22.7 Å². The Morgan fingerprint density at radius 2 is 1.92 bits per heavy atom. The molecule has 210 valence electrons. The van der Waals surface area contributed by atoms with E-state index in [0.717, 1.165) is 47.0 Å². The third kappa shape index (κ3) is 5.25. The van der Waals surface area contributed by atoms with E-state index in [4.69, 9.17) is 19.2 Å². The first kappa shape index (κ1) is 27.5. The summed E-state index contributed by atoms with van der Waals surface area (Å²) in [6, 6.07) is 7.52. The zero-order valence-corrected chi connectivity index (χ0v) is 23.9. The van der Waals surface area contributed by atoms with E-state index >= 15 is 0 Å². The summed E-state index contributed by atoms with van der Waals surface area (Å²) >= 11 is 0. The standard InChI is InChI=1S/C27H36N6O5S/c1-6-39(35,36)33-15-27(16-33)13-32(14-27)26-17(2)24(23-18(3)31-38-19(23)4)29-25(30-26)20-8-7-9-22(10-20)37-12-21(34)11-28-5/h7-10,21,28,34H,6,11-16H2,1-5H3. The fourth-order valence-corrected chi connectivity index (χ4v) is 6.72. The fraction of sp³-hybridized carbons (Fsp3) is 0.519. The SMILES string of the molecule is CCS(=O)(=O)N1CC2(CN(c3nc(-c4cccc(OCC(O)CNC)c4)nc(-c4c(C)noc4C)c3C)C2)C1. The Morgan fingerprint density at radius 3 is 2.56 bits per heavy atom. The first-order valence-corrected chi connectivity index (χ1v) is 14.8. The summed E-state index contributed by atoms with van der Waals surface area (Å²) in [5.74, 6) is 2.77. The highest BCUT2D eigenvalue weighted by Gasteiger charge is 2.55. The number of aryl methyl sites for hydroxylation is 2. The van der Waals surface area contributed by atoms with Crippen LogP contribution in [-0.2, 0) is 10.0 Å². The maximum Gasteiger partial charge on any atom is 0.213 e. The normalized spacial score (nSPS) is 17.6. The molecule has 39 heavy (non-hydrogen) atoms. The van der Waals surface area contributed by atoms with Crippen molar-refractivity contribution >= 4 is 15.8 Å². The lowest BCUT2D eigenvalue weighted by Crippen LogP contribution is -2.73. The number of benzene rings is 1. The van der Waals surface area contributed by atoms with Crippen LogP contribution in [0.5, 0.6) is 5.75 Å². The number of aliphatic hydroxyl groups excluding tert-OH is 1. The van der Waals surface area contributed by atoms with Gasteiger partial charge in [-0.2, -0.15) is 0 Å². The van der Waals surface area contributed by atoms with E-state index in [1.807, 2.05) is 45.0 Å². The van der Waals surface area contributed by atoms with Gasteiger partial charge in [0, 0.05) is 49.3 Å². The van der Waals surface area contributed by atoms with Crippen molar-refractivity contribution in [2.24, 2.45) is 5.41 Å². The lowest BCUT2D eigenvalue weighted by molar-refractivity contribution is 0.0390. The third-order valence-corrected chi connectivity index (χ3v) is 9.27. The molecule has 2 aromatic heterocycles. The molecule has 2 aliphatic rings. The van der Waals surface area contributed by atoms with Crippen LogP contribution in [0.1, 0.15) is 23.9 Å². The van der Waals surface area contributed by atoms with Crippen molar-refractivity contribution in [3.63, 3.8) is 0 Å². The molecule has 0 amide bonds. The monoisotopic (exact) mass is 556 g/mol. The number of nitrogens with zero attached hydrogens (tertiary/aromatic N) is 5. The second-order valence-corrected chi connectivity index (χ2v) is 12.9. The van der Waals surface area contributed by atoms with Gasteiger partial charge in [-0.25, -0.2) is 22.7 Å². The van der Waals surface area contributed by atoms with Crippen molar-refractivity contribution in [1.82, 2.24) is 24.7 Å². The topological polar surface area (TPSA) is 134 Å². The summed E-state index contributed by atoms with van der Waals surface area (Å²) < 4.78 is 37.4. The van der Waals surface area contributed by atoms with E-state index in [9.17, 15) is 13.5 Å². The summed E-state index contributed by atoms with van der Waals surface area (Å²) in [5.41, 5.74) is 4.02. The molecule has 1 atom stereocenters. The highest BCUT2D eigenvalue weighted by atomic mass is 32.2. The van der Waals surface area contributed by atoms with Gasteiger partial charge in [-0.3, -0.25) is 0 Å². The molecule has 1 aromatic carbocycles. The van der Waals surface area contributed by atoms with E-state index in [1.54, 1.807) is 18.3 Å². The maximum absolute atomic E-state index is 12.2. The molecule has 0 bridgehead atoms. The van der Waals surface area contributed by atoms with Crippen molar-refractivity contribution < 1.29 is 22.8 Å². The molecule has 5 rings (SSSR count). The zero-order chi connectivity index (χ0) is 27.9. The largest absolute Gasteiger partial charge is 0.491 e. The number of anilines is 1. The number of aliphatic hydroxyl groups is 1. The van der Waals surface area contributed by atoms with Crippen LogP contribution >= 0.6 is 0 Å². The minimum Gasteiger partial charge on any atom is -0.491 e. The molecular weight excluding hydrogens is 520 g/mol. The molecule has 0 aliphatic carbocycles. The Kier molecular flexibility index (Phi) is 7.40. The van der Waals surface area contributed by atoms with E-state index in [0.29, 0.717) is 37.0 Å². The van der Waals surface area contributed by atoms with Gasteiger partial charge in [0.25, 0.3) is 0 Å². The van der Waals surface area contributed by atoms with Crippen molar-refractivity contribution in [2.75, 3.05) is 57.0 Å². The summed E-state index contributed by atoms with van der Waals surface area (Å²) in [5, 5.41) is 17.1. The quantitative estimate of drug-likeness (QED) is 0.383. The van der Waals surface area contributed by atoms with E-state index in [2.05, 4.69) is 15.4 Å². The molecule has 0 saturated carbocycles. The van der Waals surface area contributed by atoms with Gasteiger partial charge < -0.3 is 24.6 Å². The van der Waals surface area contributed by atoms with Crippen LogP contribution in [0.2, 0.25) is 0 Å². The first-order chi connectivity index (χ1) is 18.6. The van der Waals surface area contributed by atoms with Crippen LogP contribution in [0.3, 0.4) is 0 Å². The van der Waals surface area contributed by atoms with Gasteiger partial charge in [0.1, 0.15) is 30.0 Å². The smallest absolute Gasteiger partial charge is 0.213 e. The van der Waals surface area contributed by atoms with Crippen molar-refractivity contribution in [3.05, 3.63) is 41.3 Å². The average molecular weight is 557 g/mol. The lowest BCUT2D eigenvalue weighted by atomic mass is 9.74. The summed E-state index contributed by atoms with van der Waals surface area (Å²) in [4.78, 5) is 12.1. The van der Waals surface area contributed by atoms with Crippen LogP contribution in [-0.4, -0.2) is 91.2 Å². The highest BCUT2D eigenvalue weighted by Crippen LogP contribution is 2.45. The van der Waals surface area contributed by atoms with Crippen LogP contribution in [0.4, 0.5) is 5.82 Å². The second kappa shape index (κ2) is 10.5. The molecule has 3 aromatic rings. The highest BCUT2D eigenvalue weighted by molar-refractivity contribution is 7.89. The Balaban J connectivity index is 1.46. The average Bonchev–Trinajstić information content (AvgIpc) is 3.19. The number of hydrogen-bond donors (Lipinski definition) is 2. The van der Waals surface area contributed by atoms with Crippen molar-refractivity contribution in [2.45, 2.75) is 33.8 Å². The molecule has 4 heterocycles. The first-order valence-electron chi connectivity index (χ1n) is 13.2. The summed E-state index contributed by atoms with van der Waals surface area (Å²) in [6.45, 7) is 10.6. The zero-order valence-electron chi connectivity index (χ0n) is 23.1. The van der Waals surface area contributed by atoms with Gasteiger partial charge >= 0.3 is 0 Å². The maximum atomic E-state index is 12.2. The molecule has 12 heteroatoms. The minimum absolute atomic E-state index is 0.0368. The van der Waals surface area contributed by atoms with Crippen molar-refractivity contribution in [1.29, 1.82) is 0 Å². The number of rotatable bonds is 10. The molecule has 2 fully saturated rings. The second-order valence-electron chi connectivity index (χ2n) is 10.6. The van der Waals surface area contributed by atoms with Gasteiger partial charge in [0.15, 0.2) is 5.82 Å². The van der Waals surface area contributed by atoms with E-state index in [-0.39, 0.29) is 17.8 Å². The number of nitrogens with one attached hydrogen (secondary N) is 1. The van der Waals surface area contributed by atoms with Crippen LogP contribution in [0, 0.1) is 26.2 Å². The van der Waals surface area contributed by atoms with Gasteiger partial charge in [-0.05, 0) is 46.9 Å². The summed E-state index contributed by atoms with van der Waals surface area (Å²) in [7, 11) is -1.39. The molecule has 2 saturated heterocycles. The third-order valence-electron chi connectivity index (χ3n) is 7.50. The predicted molar refractivity (Wildman–Crippen MR) is 148 cm³/mol. The number of aromatic nitrogens is 3. The number of likely N-dealkylation sites (N-methyl/N-ethyl adjacent to an activating group) is 1. The number of sulfonamides is 1. The lowest BCUT2D eigenvalue weighted by Gasteiger charge is -2.60. The van der Waals surface area contributed by atoms with Crippen LogP contribution < -0.4 is 15.0 Å². The van der Waals surface area contributed by atoms with E-state index < -0.39 is 16.1 Å². The molecule has 1 unspecified atom stereocenters. The van der Waals surface area contributed by atoms with Crippen LogP contribution in [0.15, 0.2) is 28.8 Å². The Hall–Kier alpha value is -3.06. The molecule has 0 radical (unpaired) electrons.